The van der Waals surface area contributed by atoms with Gasteiger partial charge in [0.2, 0.25) is 0 Å². The molecule has 2 aromatic rings. The highest BCUT2D eigenvalue weighted by Crippen LogP contribution is 2.49. The molecule has 1 fully saturated rings. The number of amides is 2. The number of rotatable bonds is 7. The summed E-state index contributed by atoms with van der Waals surface area (Å²) in [7, 11) is 0. The number of benzene rings is 2. The van der Waals surface area contributed by atoms with Crippen molar-refractivity contribution in [3.63, 3.8) is 0 Å². The zero-order valence-electron chi connectivity index (χ0n) is 22.8. The van der Waals surface area contributed by atoms with Crippen molar-refractivity contribution in [3.8, 4) is 0 Å². The molecule has 208 valence electrons. The molecule has 1 atom stereocenters. The van der Waals surface area contributed by atoms with Crippen LogP contribution < -0.4 is 5.32 Å². The van der Waals surface area contributed by atoms with Crippen LogP contribution in [0, 0.1) is 23.0 Å². The third-order valence-corrected chi connectivity index (χ3v) is 8.00. The minimum Gasteiger partial charge on any atom is -0.481 e. The van der Waals surface area contributed by atoms with Gasteiger partial charge in [-0.15, -0.1) is 0 Å². The number of carbonyl (C=O) groups is 3. The fourth-order valence-corrected chi connectivity index (χ4v) is 5.77. The highest BCUT2D eigenvalue weighted by atomic mass is 19.1. The molecule has 1 spiro atoms. The van der Waals surface area contributed by atoms with Crippen LogP contribution in [0.2, 0.25) is 0 Å². The molecule has 0 bridgehead atoms. The molecule has 2 aliphatic rings. The molecule has 7 nitrogen and oxygen atoms in total. The third kappa shape index (κ3) is 6.02. The Bertz CT molecular complexity index is 1270. The second-order valence-electron chi connectivity index (χ2n) is 11.6. The monoisotopic (exact) mass is 539 g/mol. The number of carbonyl (C=O) groups excluding carboxylic acids is 2. The average molecular weight is 540 g/mol. The molecule has 4 rings (SSSR count). The summed E-state index contributed by atoms with van der Waals surface area (Å²) in [5, 5.41) is 11.3. The standard InChI is InChI=1S/C30H35F2N3O4/c1-18(19-5-7-20(8-6-19)27(38)33-14-11-25(36)37)35-28(39)26(21-15-23(31)17-24(32)16-21)34-30(35)12-9-22(10-13-30)29(2,3)4/h5-8,15-18,22H,9-14H2,1-4H3,(H,33,38)(H,36,37). The maximum atomic E-state index is 14.1. The second-order valence-corrected chi connectivity index (χ2v) is 11.6. The normalized spacial score (nSPS) is 22.1. The van der Waals surface area contributed by atoms with E-state index < -0.39 is 29.3 Å². The second kappa shape index (κ2) is 10.9. The van der Waals surface area contributed by atoms with Crippen LogP contribution in [0.15, 0.2) is 47.5 Å². The maximum Gasteiger partial charge on any atom is 0.305 e. The molecule has 1 heterocycles. The van der Waals surface area contributed by atoms with Gasteiger partial charge in [0, 0.05) is 23.7 Å². The van der Waals surface area contributed by atoms with E-state index in [2.05, 4.69) is 26.1 Å². The summed E-state index contributed by atoms with van der Waals surface area (Å²) in [5.74, 6) is -2.84. The predicted octanol–water partition coefficient (Wildman–Crippen LogP) is 5.49. The summed E-state index contributed by atoms with van der Waals surface area (Å²) in [6, 6.07) is 9.42. The molecule has 0 radical (unpaired) electrons. The number of halogens is 2. The van der Waals surface area contributed by atoms with E-state index in [9.17, 15) is 23.2 Å². The Hall–Kier alpha value is -3.62. The Morgan fingerprint density at radius 3 is 2.23 bits per heavy atom. The number of hydrogen-bond donors (Lipinski definition) is 2. The first-order chi connectivity index (χ1) is 18.3. The molecular formula is C30H35F2N3O4. The highest BCUT2D eigenvalue weighted by Gasteiger charge is 2.52. The van der Waals surface area contributed by atoms with Crippen molar-refractivity contribution in [2.24, 2.45) is 16.3 Å². The van der Waals surface area contributed by atoms with Gasteiger partial charge in [0.1, 0.15) is 23.0 Å². The number of nitrogens with zero attached hydrogens (tertiary/aromatic N) is 2. The lowest BCUT2D eigenvalue weighted by atomic mass is 9.69. The summed E-state index contributed by atoms with van der Waals surface area (Å²) < 4.78 is 28.2. The van der Waals surface area contributed by atoms with Gasteiger partial charge in [-0.05, 0) is 73.8 Å². The lowest BCUT2D eigenvalue weighted by Gasteiger charge is -2.46. The number of nitrogens with one attached hydrogen (secondary N) is 1. The van der Waals surface area contributed by atoms with E-state index in [0.29, 0.717) is 24.3 Å². The predicted molar refractivity (Wildman–Crippen MR) is 143 cm³/mol. The van der Waals surface area contributed by atoms with Gasteiger partial charge in [-0.25, -0.2) is 8.78 Å². The first-order valence-electron chi connectivity index (χ1n) is 13.3. The Balaban J connectivity index is 1.63. The number of carboxylic acids is 1. The van der Waals surface area contributed by atoms with E-state index in [1.165, 1.54) is 0 Å². The minimum atomic E-state index is -0.997. The molecule has 1 aliphatic heterocycles. The van der Waals surface area contributed by atoms with Gasteiger partial charge in [-0.3, -0.25) is 19.4 Å². The molecule has 1 saturated carbocycles. The van der Waals surface area contributed by atoms with Gasteiger partial charge in [0.15, 0.2) is 0 Å². The van der Waals surface area contributed by atoms with Gasteiger partial charge in [-0.1, -0.05) is 32.9 Å². The lowest BCUT2D eigenvalue weighted by molar-refractivity contribution is -0.137. The number of aliphatic carboxylic acids is 1. The van der Waals surface area contributed by atoms with Crippen molar-refractivity contribution in [2.45, 2.75) is 71.5 Å². The number of aliphatic imine (C=N–C) groups is 1. The van der Waals surface area contributed by atoms with Crippen molar-refractivity contribution in [1.29, 1.82) is 0 Å². The first-order valence-corrected chi connectivity index (χ1v) is 13.3. The molecule has 9 heteroatoms. The topological polar surface area (TPSA) is 99.1 Å². The number of hydrogen-bond acceptors (Lipinski definition) is 4. The summed E-state index contributed by atoms with van der Waals surface area (Å²) in [6.07, 6.45) is 2.83. The van der Waals surface area contributed by atoms with E-state index in [4.69, 9.17) is 10.1 Å². The van der Waals surface area contributed by atoms with E-state index in [1.807, 2.05) is 6.92 Å². The fourth-order valence-electron chi connectivity index (χ4n) is 5.77. The number of carboxylic acid groups (broad SMARTS) is 1. The van der Waals surface area contributed by atoms with Crippen molar-refractivity contribution in [2.75, 3.05) is 6.54 Å². The van der Waals surface area contributed by atoms with Gasteiger partial charge in [0.05, 0.1) is 12.5 Å². The van der Waals surface area contributed by atoms with E-state index in [-0.39, 0.29) is 41.5 Å². The molecule has 0 saturated heterocycles. The average Bonchev–Trinajstić information content (AvgIpc) is 3.13. The van der Waals surface area contributed by atoms with Gasteiger partial charge >= 0.3 is 5.97 Å². The van der Waals surface area contributed by atoms with Crippen LogP contribution in [0.1, 0.15) is 87.3 Å². The van der Waals surface area contributed by atoms with Crippen molar-refractivity contribution < 1.29 is 28.3 Å². The Morgan fingerprint density at radius 2 is 1.69 bits per heavy atom. The molecule has 0 aromatic heterocycles. The van der Waals surface area contributed by atoms with Crippen molar-refractivity contribution in [3.05, 3.63) is 70.8 Å². The molecule has 2 N–H and O–H groups in total. The quantitative estimate of drug-likeness (QED) is 0.486. The molecule has 2 amide bonds. The largest absolute Gasteiger partial charge is 0.481 e. The van der Waals surface area contributed by atoms with Crippen LogP contribution in [-0.2, 0) is 9.59 Å². The van der Waals surface area contributed by atoms with Crippen LogP contribution in [0.5, 0.6) is 0 Å². The van der Waals surface area contributed by atoms with Crippen molar-refractivity contribution >= 4 is 23.5 Å². The molecule has 2 aromatic carbocycles. The smallest absolute Gasteiger partial charge is 0.305 e. The van der Waals surface area contributed by atoms with E-state index >= 15 is 0 Å². The SMILES string of the molecule is CC(c1ccc(C(=O)NCCC(=O)O)cc1)N1C(=O)C(c2cc(F)cc(F)c2)=NC12CCC(C(C)(C)C)CC2. The van der Waals surface area contributed by atoms with Crippen molar-refractivity contribution in [1.82, 2.24) is 10.2 Å². The Labute approximate surface area is 227 Å². The summed E-state index contributed by atoms with van der Waals surface area (Å²) >= 11 is 0. The zero-order chi connectivity index (χ0) is 28.5. The van der Waals surface area contributed by atoms with E-state index in [1.54, 1.807) is 29.2 Å². The zero-order valence-corrected chi connectivity index (χ0v) is 22.8. The van der Waals surface area contributed by atoms with Crippen LogP contribution >= 0.6 is 0 Å². The summed E-state index contributed by atoms with van der Waals surface area (Å²) in [4.78, 5) is 43.6. The summed E-state index contributed by atoms with van der Waals surface area (Å²) in [6.45, 7) is 8.54. The van der Waals surface area contributed by atoms with Gasteiger partial charge < -0.3 is 15.3 Å². The van der Waals surface area contributed by atoms with Crippen LogP contribution in [0.25, 0.3) is 0 Å². The highest BCUT2D eigenvalue weighted by molar-refractivity contribution is 6.46. The molecule has 39 heavy (non-hydrogen) atoms. The molecule has 1 aliphatic carbocycles. The van der Waals surface area contributed by atoms with Crippen LogP contribution in [0.4, 0.5) is 8.78 Å². The lowest BCUT2D eigenvalue weighted by Crippen LogP contribution is -2.50. The first kappa shape index (κ1) is 28.4. The van der Waals surface area contributed by atoms with Crippen LogP contribution in [-0.4, -0.2) is 45.7 Å². The van der Waals surface area contributed by atoms with E-state index in [0.717, 1.165) is 36.6 Å². The maximum absolute atomic E-state index is 14.1. The third-order valence-electron chi connectivity index (χ3n) is 8.00. The van der Waals surface area contributed by atoms with Gasteiger partial charge in [0.25, 0.3) is 11.8 Å². The molecular weight excluding hydrogens is 504 g/mol. The van der Waals surface area contributed by atoms with Gasteiger partial charge in [-0.2, -0.15) is 0 Å². The fraction of sp³-hybridized carbons (Fsp3) is 0.467. The minimum absolute atomic E-state index is 0.0213. The van der Waals surface area contributed by atoms with Crippen LogP contribution in [0.3, 0.4) is 0 Å². The Kier molecular flexibility index (Phi) is 7.91. The molecule has 1 unspecified atom stereocenters. The Morgan fingerprint density at radius 1 is 1.10 bits per heavy atom. The summed E-state index contributed by atoms with van der Waals surface area (Å²) in [5.41, 5.74) is 0.617.